The van der Waals surface area contributed by atoms with Gasteiger partial charge in [0.1, 0.15) is 11.5 Å². The van der Waals surface area contributed by atoms with Crippen LogP contribution in [0.15, 0.2) is 48.7 Å². The summed E-state index contributed by atoms with van der Waals surface area (Å²) >= 11 is 0. The number of pyridine rings is 1. The molecule has 0 atom stereocenters. The van der Waals surface area contributed by atoms with Crippen LogP contribution < -0.4 is 9.47 Å². The van der Waals surface area contributed by atoms with Crippen LogP contribution in [0.3, 0.4) is 0 Å². The second-order valence-corrected chi connectivity index (χ2v) is 6.86. The Labute approximate surface area is 155 Å². The van der Waals surface area contributed by atoms with Crippen LogP contribution in [0.2, 0.25) is 0 Å². The number of carbonyl (C=O) groups excluding carboxylic acids is 1. The summed E-state index contributed by atoms with van der Waals surface area (Å²) in [5, 5.41) is 0. The van der Waals surface area contributed by atoms with Gasteiger partial charge in [0, 0.05) is 24.3 Å². The molecular weight excluding hydrogens is 328 g/mol. The van der Waals surface area contributed by atoms with Crippen molar-refractivity contribution in [3.63, 3.8) is 0 Å². The van der Waals surface area contributed by atoms with Gasteiger partial charge < -0.3 is 14.4 Å². The van der Waals surface area contributed by atoms with Gasteiger partial charge in [0.15, 0.2) is 6.61 Å². The van der Waals surface area contributed by atoms with Crippen LogP contribution in [0.5, 0.6) is 17.4 Å². The summed E-state index contributed by atoms with van der Waals surface area (Å²) < 4.78 is 11.4. The van der Waals surface area contributed by atoms with Gasteiger partial charge in [-0.25, -0.2) is 4.98 Å². The van der Waals surface area contributed by atoms with Crippen molar-refractivity contribution in [1.82, 2.24) is 9.88 Å². The third-order valence-electron chi connectivity index (χ3n) is 4.61. The molecule has 0 N–H and O–H groups in total. The first-order chi connectivity index (χ1) is 12.6. The first-order valence-corrected chi connectivity index (χ1v) is 9.26. The van der Waals surface area contributed by atoms with E-state index in [1.54, 1.807) is 24.4 Å². The lowest BCUT2D eigenvalue weighted by Gasteiger charge is -2.32. The molecule has 138 valence electrons. The maximum absolute atomic E-state index is 12.6. The quantitative estimate of drug-likeness (QED) is 0.738. The molecule has 1 fully saturated rings. The second kappa shape index (κ2) is 8.70. The van der Waals surface area contributed by atoms with E-state index >= 15 is 0 Å². The summed E-state index contributed by atoms with van der Waals surface area (Å²) in [5.74, 6) is 1.93. The standard InChI is InChI=1S/C21H26N2O3/c1-16(2)23(17-7-3-4-8-17)21(24)15-25-18-10-12-19(13-11-18)26-20-9-5-6-14-22-20/h5-6,9-14,16-17H,3-4,7-8,15H2,1-2H3. The van der Waals surface area contributed by atoms with E-state index in [-0.39, 0.29) is 18.6 Å². The van der Waals surface area contributed by atoms with Gasteiger partial charge in [0.05, 0.1) is 0 Å². The van der Waals surface area contributed by atoms with Gasteiger partial charge in [0.2, 0.25) is 5.88 Å². The van der Waals surface area contributed by atoms with Crippen molar-refractivity contribution in [1.29, 1.82) is 0 Å². The molecule has 0 unspecified atom stereocenters. The molecule has 1 amide bonds. The lowest BCUT2D eigenvalue weighted by molar-refractivity contribution is -0.137. The minimum Gasteiger partial charge on any atom is -0.484 e. The molecule has 1 heterocycles. The number of benzene rings is 1. The number of rotatable bonds is 7. The monoisotopic (exact) mass is 354 g/mol. The Kier molecular flexibility index (Phi) is 6.10. The number of aromatic nitrogens is 1. The fourth-order valence-corrected chi connectivity index (χ4v) is 3.45. The number of amides is 1. The molecule has 3 rings (SSSR count). The van der Waals surface area contributed by atoms with Crippen LogP contribution in [-0.2, 0) is 4.79 Å². The molecule has 0 bridgehead atoms. The summed E-state index contributed by atoms with van der Waals surface area (Å²) in [4.78, 5) is 18.7. The van der Waals surface area contributed by atoms with Crippen molar-refractivity contribution < 1.29 is 14.3 Å². The zero-order valence-electron chi connectivity index (χ0n) is 15.4. The minimum absolute atomic E-state index is 0.0562. The highest BCUT2D eigenvalue weighted by Crippen LogP contribution is 2.26. The first-order valence-electron chi connectivity index (χ1n) is 9.26. The van der Waals surface area contributed by atoms with E-state index < -0.39 is 0 Å². The molecule has 26 heavy (non-hydrogen) atoms. The van der Waals surface area contributed by atoms with E-state index in [9.17, 15) is 4.79 Å². The minimum atomic E-state index is 0.0562. The summed E-state index contributed by atoms with van der Waals surface area (Å²) in [6.45, 7) is 4.20. The summed E-state index contributed by atoms with van der Waals surface area (Å²) in [6.07, 6.45) is 6.30. The van der Waals surface area contributed by atoms with Crippen LogP contribution >= 0.6 is 0 Å². The van der Waals surface area contributed by atoms with Crippen molar-refractivity contribution in [2.24, 2.45) is 0 Å². The molecule has 1 aromatic carbocycles. The van der Waals surface area contributed by atoms with Crippen molar-refractivity contribution in [3.05, 3.63) is 48.7 Å². The smallest absolute Gasteiger partial charge is 0.260 e. The van der Waals surface area contributed by atoms with E-state index in [4.69, 9.17) is 9.47 Å². The molecule has 1 aliphatic rings. The van der Waals surface area contributed by atoms with Gasteiger partial charge in [-0.05, 0) is 57.0 Å². The average molecular weight is 354 g/mol. The van der Waals surface area contributed by atoms with Gasteiger partial charge in [-0.3, -0.25) is 4.79 Å². The Balaban J connectivity index is 1.54. The van der Waals surface area contributed by atoms with Gasteiger partial charge in [0.25, 0.3) is 5.91 Å². The van der Waals surface area contributed by atoms with E-state index in [0.29, 0.717) is 23.4 Å². The molecule has 5 heteroatoms. The van der Waals surface area contributed by atoms with E-state index in [2.05, 4.69) is 18.8 Å². The van der Waals surface area contributed by atoms with Crippen molar-refractivity contribution >= 4 is 5.91 Å². The van der Waals surface area contributed by atoms with Gasteiger partial charge in [-0.15, -0.1) is 0 Å². The Bertz CT molecular complexity index is 695. The molecule has 2 aromatic rings. The van der Waals surface area contributed by atoms with E-state index in [0.717, 1.165) is 12.8 Å². The normalized spacial score (nSPS) is 14.4. The van der Waals surface area contributed by atoms with E-state index in [1.807, 2.05) is 29.2 Å². The number of hydrogen-bond donors (Lipinski definition) is 0. The van der Waals surface area contributed by atoms with Crippen LogP contribution in [0, 0.1) is 0 Å². The highest BCUT2D eigenvalue weighted by molar-refractivity contribution is 5.78. The predicted molar refractivity (Wildman–Crippen MR) is 100 cm³/mol. The second-order valence-electron chi connectivity index (χ2n) is 6.86. The van der Waals surface area contributed by atoms with Crippen LogP contribution in [0.1, 0.15) is 39.5 Å². The Hall–Kier alpha value is -2.56. The van der Waals surface area contributed by atoms with E-state index in [1.165, 1.54) is 12.8 Å². The summed E-state index contributed by atoms with van der Waals surface area (Å²) in [6, 6.07) is 13.3. The molecule has 0 radical (unpaired) electrons. The third-order valence-corrected chi connectivity index (χ3v) is 4.61. The maximum Gasteiger partial charge on any atom is 0.260 e. The maximum atomic E-state index is 12.6. The van der Waals surface area contributed by atoms with Crippen LogP contribution in [0.4, 0.5) is 0 Å². The van der Waals surface area contributed by atoms with Gasteiger partial charge >= 0.3 is 0 Å². The SMILES string of the molecule is CC(C)N(C(=O)COc1ccc(Oc2ccccn2)cc1)C1CCCC1. The lowest BCUT2D eigenvalue weighted by Crippen LogP contribution is -2.45. The van der Waals surface area contributed by atoms with Crippen molar-refractivity contribution in [2.75, 3.05) is 6.61 Å². The Morgan fingerprint density at radius 3 is 2.42 bits per heavy atom. The zero-order chi connectivity index (χ0) is 18.4. The summed E-state index contributed by atoms with van der Waals surface area (Å²) in [7, 11) is 0. The van der Waals surface area contributed by atoms with Crippen molar-refractivity contribution in [3.8, 4) is 17.4 Å². The molecule has 1 aliphatic carbocycles. The molecule has 5 nitrogen and oxygen atoms in total. The highest BCUT2D eigenvalue weighted by atomic mass is 16.5. The fourth-order valence-electron chi connectivity index (χ4n) is 3.45. The number of carbonyl (C=O) groups is 1. The van der Waals surface area contributed by atoms with Gasteiger partial charge in [-0.2, -0.15) is 0 Å². The molecule has 0 spiro atoms. The topological polar surface area (TPSA) is 51.7 Å². The fraction of sp³-hybridized carbons (Fsp3) is 0.429. The summed E-state index contributed by atoms with van der Waals surface area (Å²) in [5.41, 5.74) is 0. The van der Waals surface area contributed by atoms with Crippen molar-refractivity contribution in [2.45, 2.75) is 51.6 Å². The average Bonchev–Trinajstić information content (AvgIpc) is 3.16. The zero-order valence-corrected chi connectivity index (χ0v) is 15.4. The third kappa shape index (κ3) is 4.75. The molecule has 1 aromatic heterocycles. The Morgan fingerprint density at radius 2 is 1.81 bits per heavy atom. The number of nitrogens with zero attached hydrogens (tertiary/aromatic N) is 2. The Morgan fingerprint density at radius 1 is 1.12 bits per heavy atom. The van der Waals surface area contributed by atoms with Crippen LogP contribution in [-0.4, -0.2) is 34.5 Å². The molecule has 0 saturated heterocycles. The first kappa shape index (κ1) is 18.2. The van der Waals surface area contributed by atoms with Gasteiger partial charge in [-0.1, -0.05) is 18.9 Å². The lowest BCUT2D eigenvalue weighted by atomic mass is 10.1. The number of hydrogen-bond acceptors (Lipinski definition) is 4. The number of ether oxygens (including phenoxy) is 2. The highest BCUT2D eigenvalue weighted by Gasteiger charge is 2.28. The van der Waals surface area contributed by atoms with Crippen LogP contribution in [0.25, 0.3) is 0 Å². The largest absolute Gasteiger partial charge is 0.484 e. The predicted octanol–water partition coefficient (Wildman–Crippen LogP) is 4.43. The molecule has 0 aliphatic heterocycles. The molecule has 1 saturated carbocycles. The molecular formula is C21H26N2O3.